The summed E-state index contributed by atoms with van der Waals surface area (Å²) in [5.74, 6) is -0.595. The summed E-state index contributed by atoms with van der Waals surface area (Å²) in [5, 5.41) is 6.34. The maximum atomic E-state index is 12.2. The van der Waals surface area contributed by atoms with Crippen molar-refractivity contribution in [1.29, 1.82) is 0 Å². The third kappa shape index (κ3) is 4.21. The van der Waals surface area contributed by atoms with E-state index in [1.165, 1.54) is 0 Å². The minimum Gasteiger partial charge on any atom is -0.355 e. The summed E-state index contributed by atoms with van der Waals surface area (Å²) >= 11 is 6.03. The molecule has 1 aromatic rings. The van der Waals surface area contributed by atoms with Crippen LogP contribution in [-0.4, -0.2) is 43.9 Å². The van der Waals surface area contributed by atoms with Crippen LogP contribution in [0.4, 0.5) is 5.69 Å². The van der Waals surface area contributed by atoms with Crippen LogP contribution in [0, 0.1) is 18.8 Å². The highest BCUT2D eigenvalue weighted by molar-refractivity contribution is 6.31. The summed E-state index contributed by atoms with van der Waals surface area (Å²) in [4.78, 5) is 26.1. The maximum absolute atomic E-state index is 12.2. The fourth-order valence-electron chi connectivity index (χ4n) is 2.28. The van der Waals surface area contributed by atoms with Crippen molar-refractivity contribution in [2.24, 2.45) is 11.8 Å². The number of likely N-dealkylation sites (N-methyl/N-ethyl adjacent to an activating group) is 1. The highest BCUT2D eigenvalue weighted by Crippen LogP contribution is 2.39. The molecule has 0 saturated heterocycles. The third-order valence-corrected chi connectivity index (χ3v) is 4.26. The summed E-state index contributed by atoms with van der Waals surface area (Å²) in [7, 11) is 3.90. The minimum atomic E-state index is -0.238. The fraction of sp³-hybridized carbons (Fsp3) is 0.500. The van der Waals surface area contributed by atoms with Crippen molar-refractivity contribution in [2.45, 2.75) is 13.3 Å². The van der Waals surface area contributed by atoms with Gasteiger partial charge in [0.2, 0.25) is 11.8 Å². The Morgan fingerprint density at radius 1 is 1.27 bits per heavy atom. The van der Waals surface area contributed by atoms with Gasteiger partial charge in [-0.2, -0.15) is 0 Å². The van der Waals surface area contributed by atoms with Crippen LogP contribution in [0.1, 0.15) is 12.0 Å². The molecule has 120 valence electrons. The van der Waals surface area contributed by atoms with Crippen LogP contribution in [0.15, 0.2) is 18.2 Å². The van der Waals surface area contributed by atoms with Crippen LogP contribution in [0.25, 0.3) is 0 Å². The van der Waals surface area contributed by atoms with Crippen molar-refractivity contribution >= 4 is 29.1 Å². The van der Waals surface area contributed by atoms with Crippen molar-refractivity contribution in [3.05, 3.63) is 28.8 Å². The van der Waals surface area contributed by atoms with Gasteiger partial charge < -0.3 is 15.5 Å². The molecule has 2 atom stereocenters. The first-order valence-electron chi connectivity index (χ1n) is 7.38. The number of benzene rings is 1. The lowest BCUT2D eigenvalue weighted by Crippen LogP contribution is -2.33. The molecule has 2 rings (SSSR count). The van der Waals surface area contributed by atoms with Crippen LogP contribution in [0.3, 0.4) is 0 Å². The molecule has 1 saturated carbocycles. The molecular formula is C16H22ClN3O2. The Labute approximate surface area is 136 Å². The summed E-state index contributed by atoms with van der Waals surface area (Å²) in [5.41, 5.74) is 1.54. The Kier molecular flexibility index (Phi) is 5.42. The molecule has 6 heteroatoms. The predicted molar refractivity (Wildman–Crippen MR) is 88.0 cm³/mol. The van der Waals surface area contributed by atoms with Crippen LogP contribution in [0.5, 0.6) is 0 Å². The van der Waals surface area contributed by atoms with Gasteiger partial charge >= 0.3 is 0 Å². The van der Waals surface area contributed by atoms with Gasteiger partial charge in [0, 0.05) is 23.8 Å². The summed E-state index contributed by atoms with van der Waals surface area (Å²) < 4.78 is 0. The summed E-state index contributed by atoms with van der Waals surface area (Å²) in [6.07, 6.45) is 0.610. The second kappa shape index (κ2) is 7.11. The number of anilines is 1. The van der Waals surface area contributed by atoms with E-state index in [0.717, 1.165) is 12.1 Å². The van der Waals surface area contributed by atoms with Crippen molar-refractivity contribution in [3.8, 4) is 0 Å². The molecule has 1 aromatic carbocycles. The van der Waals surface area contributed by atoms with Crippen LogP contribution >= 0.6 is 11.6 Å². The van der Waals surface area contributed by atoms with E-state index in [1.807, 2.05) is 32.0 Å². The van der Waals surface area contributed by atoms with Gasteiger partial charge in [-0.25, -0.2) is 0 Å². The van der Waals surface area contributed by atoms with Gasteiger partial charge in [-0.3, -0.25) is 9.59 Å². The first-order valence-corrected chi connectivity index (χ1v) is 7.76. The third-order valence-electron chi connectivity index (χ3n) is 3.85. The van der Waals surface area contributed by atoms with Gasteiger partial charge in [0.25, 0.3) is 0 Å². The number of carbonyl (C=O) groups is 2. The molecule has 0 heterocycles. The molecule has 2 amide bonds. The van der Waals surface area contributed by atoms with Gasteiger partial charge in [-0.1, -0.05) is 17.7 Å². The second-order valence-corrected chi connectivity index (χ2v) is 6.35. The lowest BCUT2D eigenvalue weighted by atomic mass is 10.2. The van der Waals surface area contributed by atoms with E-state index in [4.69, 9.17) is 11.6 Å². The summed E-state index contributed by atoms with van der Waals surface area (Å²) in [6.45, 7) is 3.25. The number of rotatable bonds is 6. The highest BCUT2D eigenvalue weighted by atomic mass is 35.5. The zero-order chi connectivity index (χ0) is 16.3. The van der Waals surface area contributed by atoms with Gasteiger partial charge in [-0.15, -0.1) is 0 Å². The van der Waals surface area contributed by atoms with E-state index in [0.29, 0.717) is 23.7 Å². The average molecular weight is 324 g/mol. The van der Waals surface area contributed by atoms with E-state index < -0.39 is 0 Å². The van der Waals surface area contributed by atoms with Gasteiger partial charge in [0.1, 0.15) is 0 Å². The number of halogens is 1. The largest absolute Gasteiger partial charge is 0.355 e. The van der Waals surface area contributed by atoms with Crippen LogP contribution < -0.4 is 10.6 Å². The number of amides is 2. The van der Waals surface area contributed by atoms with Crippen LogP contribution in [-0.2, 0) is 9.59 Å². The quantitative estimate of drug-likeness (QED) is 0.840. The van der Waals surface area contributed by atoms with Gasteiger partial charge in [-0.05, 0) is 45.1 Å². The minimum absolute atomic E-state index is 0.0372. The van der Waals surface area contributed by atoms with E-state index in [1.54, 1.807) is 12.1 Å². The number of hydrogen-bond acceptors (Lipinski definition) is 3. The van der Waals surface area contributed by atoms with Crippen molar-refractivity contribution in [1.82, 2.24) is 10.2 Å². The molecule has 0 aromatic heterocycles. The molecule has 0 spiro atoms. The average Bonchev–Trinajstić information content (AvgIpc) is 3.24. The second-order valence-electron chi connectivity index (χ2n) is 5.94. The first-order chi connectivity index (χ1) is 10.4. The molecule has 5 nitrogen and oxygen atoms in total. The normalized spacial score (nSPS) is 19.9. The first kappa shape index (κ1) is 16.8. The number of hydrogen-bond donors (Lipinski definition) is 2. The smallest absolute Gasteiger partial charge is 0.228 e. The Morgan fingerprint density at radius 3 is 2.64 bits per heavy atom. The number of carbonyl (C=O) groups excluding carboxylic acids is 2. The molecule has 0 radical (unpaired) electrons. The molecule has 1 fully saturated rings. The van der Waals surface area contributed by atoms with E-state index in [2.05, 4.69) is 10.6 Å². The van der Waals surface area contributed by atoms with E-state index in [9.17, 15) is 9.59 Å². The highest BCUT2D eigenvalue weighted by Gasteiger charge is 2.47. The van der Waals surface area contributed by atoms with Crippen molar-refractivity contribution in [3.63, 3.8) is 0 Å². The Bertz CT molecular complexity index is 575. The van der Waals surface area contributed by atoms with Crippen LogP contribution in [0.2, 0.25) is 5.02 Å². The van der Waals surface area contributed by atoms with E-state index in [-0.39, 0.29) is 23.7 Å². The standard InChI is InChI=1S/C16H22ClN3O2/c1-10-13(17)5-4-6-14(10)19-16(22)12-9-11(12)15(21)18-7-8-20(2)3/h4-6,11-12H,7-9H2,1-3H3,(H,18,21)(H,19,22). The van der Waals surface area contributed by atoms with Crippen molar-refractivity contribution < 1.29 is 9.59 Å². The lowest BCUT2D eigenvalue weighted by Gasteiger charge is -2.11. The Morgan fingerprint density at radius 2 is 1.95 bits per heavy atom. The monoisotopic (exact) mass is 323 g/mol. The van der Waals surface area contributed by atoms with E-state index >= 15 is 0 Å². The summed E-state index contributed by atoms with van der Waals surface area (Å²) in [6, 6.07) is 5.39. The lowest BCUT2D eigenvalue weighted by molar-refractivity contribution is -0.125. The molecule has 0 aliphatic heterocycles. The topological polar surface area (TPSA) is 61.4 Å². The maximum Gasteiger partial charge on any atom is 0.228 e. The predicted octanol–water partition coefficient (Wildman–Crippen LogP) is 1.90. The SMILES string of the molecule is Cc1c(Cl)cccc1NC(=O)C1CC1C(=O)NCCN(C)C. The molecule has 2 unspecified atom stereocenters. The molecule has 0 bridgehead atoms. The fourth-order valence-corrected chi connectivity index (χ4v) is 2.45. The molecule has 22 heavy (non-hydrogen) atoms. The Balaban J connectivity index is 1.83. The van der Waals surface area contributed by atoms with Gasteiger partial charge in [0.05, 0.1) is 11.8 Å². The molecule has 1 aliphatic carbocycles. The molecule has 2 N–H and O–H groups in total. The molecular weight excluding hydrogens is 302 g/mol. The molecule has 1 aliphatic rings. The number of nitrogens with zero attached hydrogens (tertiary/aromatic N) is 1. The number of nitrogens with one attached hydrogen (secondary N) is 2. The zero-order valence-corrected chi connectivity index (χ0v) is 13.9. The Hall–Kier alpha value is -1.59. The van der Waals surface area contributed by atoms with Gasteiger partial charge in [0.15, 0.2) is 0 Å². The van der Waals surface area contributed by atoms with Crippen molar-refractivity contribution in [2.75, 3.05) is 32.5 Å². The zero-order valence-electron chi connectivity index (χ0n) is 13.1.